The average Bonchev–Trinajstić information content (AvgIpc) is 3.20. The van der Waals surface area contributed by atoms with Gasteiger partial charge in [-0.25, -0.2) is 4.57 Å². The van der Waals surface area contributed by atoms with Crippen LogP contribution in [0.5, 0.6) is 0 Å². The number of hydrogen-bond donors (Lipinski definition) is 2. The Bertz CT molecular complexity index is 1100. The van der Waals surface area contributed by atoms with E-state index in [1.165, 1.54) is 96.3 Å². The fraction of sp³-hybridized carbons (Fsp3) is 0.729. The molecular weight excluding hydrogens is 734 g/mol. The van der Waals surface area contributed by atoms with Gasteiger partial charge in [0.25, 0.3) is 0 Å². The van der Waals surface area contributed by atoms with Gasteiger partial charge in [0.05, 0.1) is 19.8 Å². The number of allylic oxidation sites excluding steroid dienone is 12. The van der Waals surface area contributed by atoms with Crippen LogP contribution < -0.4 is 5.73 Å². The Morgan fingerprint density at radius 3 is 1.40 bits per heavy atom. The summed E-state index contributed by atoms with van der Waals surface area (Å²) in [6.45, 7) is 4.66. The lowest BCUT2D eigenvalue weighted by Gasteiger charge is -2.20. The number of carbonyl (C=O) groups is 1. The minimum absolute atomic E-state index is 0.0749. The molecule has 3 N–H and O–H groups in total. The normalized spacial score (nSPS) is 14.1. The van der Waals surface area contributed by atoms with Crippen LogP contribution in [0.3, 0.4) is 0 Å². The third-order valence-corrected chi connectivity index (χ3v) is 10.4. The number of unbranched alkanes of at least 4 members (excludes halogenated alkanes) is 18. The van der Waals surface area contributed by atoms with Gasteiger partial charge in [-0.1, -0.05) is 196 Å². The van der Waals surface area contributed by atoms with Crippen molar-refractivity contribution in [3.05, 3.63) is 72.9 Å². The van der Waals surface area contributed by atoms with Gasteiger partial charge in [-0.15, -0.1) is 0 Å². The summed E-state index contributed by atoms with van der Waals surface area (Å²) in [5.41, 5.74) is 5.37. The molecule has 0 radical (unpaired) electrons. The summed E-state index contributed by atoms with van der Waals surface area (Å²) in [6.07, 6.45) is 56.5. The van der Waals surface area contributed by atoms with Crippen molar-refractivity contribution >= 4 is 13.8 Å². The summed E-state index contributed by atoms with van der Waals surface area (Å²) in [5, 5.41) is 0. The maximum absolute atomic E-state index is 12.6. The van der Waals surface area contributed by atoms with Crippen LogP contribution in [-0.2, 0) is 27.9 Å². The molecular formula is C48H86NO7P. The second-order valence-corrected chi connectivity index (χ2v) is 16.3. The molecule has 8 nitrogen and oxygen atoms in total. The number of esters is 1. The highest BCUT2D eigenvalue weighted by molar-refractivity contribution is 7.47. The molecule has 0 fully saturated rings. The quantitative estimate of drug-likeness (QED) is 0.0270. The summed E-state index contributed by atoms with van der Waals surface area (Å²) in [4.78, 5) is 22.5. The summed E-state index contributed by atoms with van der Waals surface area (Å²) in [6, 6.07) is 0. The van der Waals surface area contributed by atoms with E-state index in [1.54, 1.807) is 0 Å². The third-order valence-electron chi connectivity index (χ3n) is 9.39. The van der Waals surface area contributed by atoms with Crippen molar-refractivity contribution in [3.63, 3.8) is 0 Å². The van der Waals surface area contributed by atoms with Gasteiger partial charge >= 0.3 is 13.8 Å². The van der Waals surface area contributed by atoms with Gasteiger partial charge < -0.3 is 20.1 Å². The van der Waals surface area contributed by atoms with Crippen molar-refractivity contribution in [3.8, 4) is 0 Å². The largest absolute Gasteiger partial charge is 0.472 e. The fourth-order valence-electron chi connectivity index (χ4n) is 6.07. The minimum atomic E-state index is -4.30. The molecule has 0 spiro atoms. The zero-order valence-corrected chi connectivity index (χ0v) is 37.4. The zero-order chi connectivity index (χ0) is 41.6. The van der Waals surface area contributed by atoms with Crippen LogP contribution in [0.15, 0.2) is 72.9 Å². The summed E-state index contributed by atoms with van der Waals surface area (Å²) in [5.74, 6) is -0.350. The molecule has 0 rings (SSSR count). The molecule has 0 saturated heterocycles. The van der Waals surface area contributed by atoms with E-state index in [-0.39, 0.29) is 32.3 Å². The van der Waals surface area contributed by atoms with Gasteiger partial charge in [0.1, 0.15) is 6.10 Å². The van der Waals surface area contributed by atoms with E-state index in [0.717, 1.165) is 70.6 Å². The maximum atomic E-state index is 12.6. The number of nitrogens with two attached hydrogens (primary N) is 1. The van der Waals surface area contributed by atoms with E-state index in [2.05, 4.69) is 86.8 Å². The van der Waals surface area contributed by atoms with Gasteiger partial charge in [0.15, 0.2) is 0 Å². The summed E-state index contributed by atoms with van der Waals surface area (Å²) in [7, 11) is -4.30. The number of ether oxygens (including phenoxy) is 2. The van der Waals surface area contributed by atoms with E-state index < -0.39 is 13.9 Å². The van der Waals surface area contributed by atoms with Crippen LogP contribution in [0.2, 0.25) is 0 Å². The number of phosphoric acid groups is 1. The van der Waals surface area contributed by atoms with E-state index in [0.29, 0.717) is 13.0 Å². The van der Waals surface area contributed by atoms with Crippen LogP contribution in [0.25, 0.3) is 0 Å². The predicted molar refractivity (Wildman–Crippen MR) is 242 cm³/mol. The Morgan fingerprint density at radius 1 is 0.544 bits per heavy atom. The number of phosphoric ester groups is 1. The molecule has 0 aromatic rings. The second kappa shape index (κ2) is 45.0. The molecule has 0 aliphatic heterocycles. The average molecular weight is 820 g/mol. The molecule has 0 aromatic heterocycles. The lowest BCUT2D eigenvalue weighted by Crippen LogP contribution is -2.28. The first-order chi connectivity index (χ1) is 27.9. The van der Waals surface area contributed by atoms with Crippen molar-refractivity contribution < 1.29 is 32.8 Å². The first kappa shape index (κ1) is 54.9. The number of hydrogen-bond acceptors (Lipinski definition) is 7. The highest BCUT2D eigenvalue weighted by atomic mass is 31.2. The summed E-state index contributed by atoms with van der Waals surface area (Å²) >= 11 is 0. The Hall–Kier alpha value is -2.06. The van der Waals surface area contributed by atoms with E-state index in [1.807, 2.05) is 0 Å². The molecule has 0 aromatic carbocycles. The molecule has 57 heavy (non-hydrogen) atoms. The highest BCUT2D eigenvalue weighted by Gasteiger charge is 2.25. The van der Waals surface area contributed by atoms with Crippen molar-refractivity contribution in [2.24, 2.45) is 5.73 Å². The first-order valence-electron chi connectivity index (χ1n) is 22.9. The Labute approximate surface area is 350 Å². The van der Waals surface area contributed by atoms with E-state index >= 15 is 0 Å². The lowest BCUT2D eigenvalue weighted by atomic mass is 10.0. The van der Waals surface area contributed by atoms with Gasteiger partial charge in [-0.05, 0) is 57.8 Å². The smallest absolute Gasteiger partial charge is 0.457 e. The zero-order valence-electron chi connectivity index (χ0n) is 36.6. The predicted octanol–water partition coefficient (Wildman–Crippen LogP) is 13.9. The van der Waals surface area contributed by atoms with Crippen LogP contribution in [0.4, 0.5) is 0 Å². The van der Waals surface area contributed by atoms with Gasteiger partial charge in [-0.3, -0.25) is 13.8 Å². The third kappa shape index (κ3) is 44.9. The molecule has 0 aliphatic carbocycles. The fourth-order valence-corrected chi connectivity index (χ4v) is 6.84. The SMILES string of the molecule is CC/C=C\C/C=C\C/C=C\C/C=C\C/C=C\C/C=C\CCCOCC(COP(=O)(O)OCCN)OC(=O)CCCCCCCCCCCCCCCCCCCC. The molecule has 0 heterocycles. The Kier molecular flexibility index (Phi) is 43.4. The summed E-state index contributed by atoms with van der Waals surface area (Å²) < 4.78 is 33.4. The van der Waals surface area contributed by atoms with E-state index in [4.69, 9.17) is 24.3 Å². The standard InChI is InChI=1S/C48H86NO7P/c1-3-5-7-9-11-13-15-17-19-21-23-24-26-28-30-32-34-36-38-40-43-53-45-47(46-55-57(51,52)54-44-42-49)56-48(50)41-39-37-35-33-31-29-27-25-22-20-18-16-14-12-10-8-6-4-2/h5,7,11,13,17,19,23-24,28,30,34,36,47H,3-4,6,8-10,12,14-16,18,20-22,25-27,29,31-33,35,37-46,49H2,1-2H3,(H,51,52)/b7-5-,13-11-,19-17-,24-23-,30-28-,36-34-. The molecule has 9 heteroatoms. The number of carbonyl (C=O) groups excluding carboxylic acids is 1. The van der Waals surface area contributed by atoms with Gasteiger partial charge in [-0.2, -0.15) is 0 Å². The van der Waals surface area contributed by atoms with Crippen LogP contribution in [-0.4, -0.2) is 49.9 Å². The number of rotatable bonds is 43. The molecule has 0 amide bonds. The van der Waals surface area contributed by atoms with E-state index in [9.17, 15) is 14.3 Å². The van der Waals surface area contributed by atoms with Crippen LogP contribution in [0, 0.1) is 0 Å². The monoisotopic (exact) mass is 820 g/mol. The van der Waals surface area contributed by atoms with Gasteiger partial charge in [0.2, 0.25) is 0 Å². The van der Waals surface area contributed by atoms with Crippen molar-refractivity contribution in [2.75, 3.05) is 33.0 Å². The lowest BCUT2D eigenvalue weighted by molar-refractivity contribution is -0.154. The van der Waals surface area contributed by atoms with Crippen LogP contribution >= 0.6 is 7.82 Å². The Balaban J connectivity index is 4.11. The first-order valence-corrected chi connectivity index (χ1v) is 24.4. The molecule has 2 atom stereocenters. The molecule has 330 valence electrons. The van der Waals surface area contributed by atoms with Gasteiger partial charge in [0, 0.05) is 19.6 Å². The molecule has 0 saturated carbocycles. The van der Waals surface area contributed by atoms with Crippen molar-refractivity contribution in [1.82, 2.24) is 0 Å². The Morgan fingerprint density at radius 2 is 0.965 bits per heavy atom. The molecule has 2 unspecified atom stereocenters. The van der Waals surface area contributed by atoms with Crippen LogP contribution in [0.1, 0.15) is 187 Å². The molecule has 0 bridgehead atoms. The van der Waals surface area contributed by atoms with Crippen molar-refractivity contribution in [2.45, 2.75) is 193 Å². The van der Waals surface area contributed by atoms with Crippen molar-refractivity contribution in [1.29, 1.82) is 0 Å². The highest BCUT2D eigenvalue weighted by Crippen LogP contribution is 2.43. The minimum Gasteiger partial charge on any atom is -0.457 e. The maximum Gasteiger partial charge on any atom is 0.472 e. The topological polar surface area (TPSA) is 117 Å². The second-order valence-electron chi connectivity index (χ2n) is 14.9. The molecule has 0 aliphatic rings.